The Bertz CT molecular complexity index is 118. The van der Waals surface area contributed by atoms with Crippen molar-refractivity contribution in [2.24, 2.45) is 0 Å². The molecule has 2 nitrogen and oxygen atoms in total. The van der Waals surface area contributed by atoms with Crippen LogP contribution in [0.3, 0.4) is 0 Å². The third kappa shape index (κ3) is 2.12. The summed E-state index contributed by atoms with van der Waals surface area (Å²) in [6.45, 7) is 1.44. The minimum atomic E-state index is -0.0793. The second kappa shape index (κ2) is 3.66. The molecule has 0 aliphatic rings. The maximum absolute atomic E-state index is 10.4. The molecule has 0 bridgehead atoms. The molecule has 8 heavy (non-hydrogen) atoms. The summed E-state index contributed by atoms with van der Waals surface area (Å²) in [5.74, 6) is 0.259. The Labute approximate surface area is 56.7 Å². The van der Waals surface area contributed by atoms with E-state index >= 15 is 0 Å². The van der Waals surface area contributed by atoms with Crippen LogP contribution in [-0.4, -0.2) is 12.9 Å². The molecule has 0 aliphatic heterocycles. The molecule has 0 rings (SSSR count). The van der Waals surface area contributed by atoms with E-state index in [0.717, 1.165) is 0 Å². The number of carbonyl (C=O) groups excluding carboxylic acids is 1. The van der Waals surface area contributed by atoms with Gasteiger partial charge in [-0.25, -0.2) is 0 Å². The minimum Gasteiger partial charge on any atom is -0.492 e. The van der Waals surface area contributed by atoms with Crippen molar-refractivity contribution in [2.75, 3.05) is 7.11 Å². The fourth-order valence-electron chi connectivity index (χ4n) is 0.265. The Morgan fingerprint density at radius 3 is 2.25 bits per heavy atom. The molecule has 0 unspecified atom stereocenters. The van der Waals surface area contributed by atoms with E-state index in [4.69, 9.17) is 0 Å². The summed E-state index contributed by atoms with van der Waals surface area (Å²) >= 11 is 2.97. The van der Waals surface area contributed by atoms with Crippen LogP contribution in [0.1, 0.15) is 6.92 Å². The second-order valence-corrected chi connectivity index (χ2v) is 1.69. The van der Waals surface area contributed by atoms with Crippen LogP contribution >= 0.6 is 15.9 Å². The van der Waals surface area contributed by atoms with Crippen LogP contribution in [0.4, 0.5) is 0 Å². The first kappa shape index (κ1) is 7.69. The Morgan fingerprint density at radius 1 is 1.75 bits per heavy atom. The second-order valence-electron chi connectivity index (χ2n) is 1.23. The minimum absolute atomic E-state index is 0.0793. The van der Waals surface area contributed by atoms with Crippen molar-refractivity contribution < 1.29 is 9.53 Å². The first-order chi connectivity index (χ1) is 3.72. The molecule has 0 aliphatic carbocycles. The van der Waals surface area contributed by atoms with Gasteiger partial charge in [0.15, 0.2) is 11.5 Å². The highest BCUT2D eigenvalue weighted by Gasteiger charge is 1.98. The third-order valence-corrected chi connectivity index (χ3v) is 1.08. The summed E-state index contributed by atoms with van der Waals surface area (Å²) in [6, 6.07) is 0. The van der Waals surface area contributed by atoms with Crippen molar-refractivity contribution in [1.82, 2.24) is 0 Å². The Hall–Kier alpha value is -0.310. The van der Waals surface area contributed by atoms with E-state index in [9.17, 15) is 4.79 Å². The maximum atomic E-state index is 10.4. The predicted octanol–water partition coefficient (Wildman–Crippen LogP) is 1.46. The van der Waals surface area contributed by atoms with Gasteiger partial charge >= 0.3 is 0 Å². The van der Waals surface area contributed by atoms with E-state index in [1.54, 1.807) is 0 Å². The molecule has 0 aromatic heterocycles. The zero-order valence-electron chi connectivity index (χ0n) is 4.77. The lowest BCUT2D eigenvalue weighted by molar-refractivity contribution is -0.116. The van der Waals surface area contributed by atoms with Crippen LogP contribution in [0, 0.1) is 0 Å². The van der Waals surface area contributed by atoms with Crippen LogP contribution in [0.5, 0.6) is 0 Å². The zero-order chi connectivity index (χ0) is 6.57. The summed E-state index contributed by atoms with van der Waals surface area (Å²) in [4.78, 5) is 11.8. The normalized spacial score (nSPS) is 11.1. The summed E-state index contributed by atoms with van der Waals surface area (Å²) in [5, 5.41) is 0. The van der Waals surface area contributed by atoms with Crippen LogP contribution in [0.25, 0.3) is 0 Å². The van der Waals surface area contributed by atoms with Gasteiger partial charge in [0.25, 0.3) is 0 Å². The highest BCUT2D eigenvalue weighted by Crippen LogP contribution is 1.99. The van der Waals surface area contributed by atoms with E-state index in [-0.39, 0.29) is 5.78 Å². The van der Waals surface area contributed by atoms with Crippen molar-refractivity contribution in [3.8, 4) is 0 Å². The zero-order valence-corrected chi connectivity index (χ0v) is 6.36. The Balaban J connectivity index is 3.92. The molecular formula is C5H7BrO2. The molecule has 0 spiro atoms. The quantitative estimate of drug-likeness (QED) is 0.473. The average Bonchev–Trinajstić information content (AvgIpc) is 1.69. The Kier molecular flexibility index (Phi) is 3.52. The van der Waals surface area contributed by atoms with E-state index in [1.807, 2.05) is 0 Å². The standard InChI is InChI=1S/C5H7BrO2/c1-4(7)5(3-6)8-2/h3H,1-2H3/b5-3+. The number of halogens is 1. The van der Waals surface area contributed by atoms with Crippen molar-refractivity contribution in [2.45, 2.75) is 6.92 Å². The molecule has 0 aromatic carbocycles. The number of allylic oxidation sites excluding steroid dienone is 1. The summed E-state index contributed by atoms with van der Waals surface area (Å²) in [7, 11) is 1.45. The van der Waals surface area contributed by atoms with Gasteiger partial charge in [0.2, 0.25) is 0 Å². The lowest BCUT2D eigenvalue weighted by Gasteiger charge is -1.95. The number of ketones is 1. The summed E-state index contributed by atoms with van der Waals surface area (Å²) in [6.07, 6.45) is 0. The van der Waals surface area contributed by atoms with Gasteiger partial charge in [-0.2, -0.15) is 0 Å². The van der Waals surface area contributed by atoms with Gasteiger partial charge in [-0.05, 0) is 0 Å². The van der Waals surface area contributed by atoms with Gasteiger partial charge in [-0.15, -0.1) is 0 Å². The van der Waals surface area contributed by atoms with E-state index in [2.05, 4.69) is 20.7 Å². The van der Waals surface area contributed by atoms with Crippen LogP contribution in [-0.2, 0) is 9.53 Å². The number of ether oxygens (including phenoxy) is 1. The summed E-state index contributed by atoms with van der Waals surface area (Å²) < 4.78 is 4.63. The number of carbonyl (C=O) groups is 1. The van der Waals surface area contributed by atoms with Crippen molar-refractivity contribution in [3.63, 3.8) is 0 Å². The van der Waals surface area contributed by atoms with Gasteiger partial charge < -0.3 is 4.74 Å². The average molecular weight is 179 g/mol. The number of Topliss-reactive ketones (excluding diaryl/α,β-unsaturated/α-hetero) is 1. The van der Waals surface area contributed by atoms with Gasteiger partial charge in [0.05, 0.1) is 7.11 Å². The van der Waals surface area contributed by atoms with Crippen molar-refractivity contribution in [1.29, 1.82) is 0 Å². The monoisotopic (exact) mass is 178 g/mol. The van der Waals surface area contributed by atoms with E-state index in [1.165, 1.54) is 19.0 Å². The van der Waals surface area contributed by atoms with Gasteiger partial charge in [0.1, 0.15) is 0 Å². The molecule has 0 saturated heterocycles. The first-order valence-corrected chi connectivity index (χ1v) is 2.99. The lowest BCUT2D eigenvalue weighted by atomic mass is 10.4. The van der Waals surface area contributed by atoms with E-state index < -0.39 is 0 Å². The molecule has 0 saturated carbocycles. The van der Waals surface area contributed by atoms with Crippen molar-refractivity contribution in [3.05, 3.63) is 10.7 Å². The highest BCUT2D eigenvalue weighted by atomic mass is 79.9. The number of rotatable bonds is 2. The topological polar surface area (TPSA) is 26.3 Å². The number of methoxy groups -OCH3 is 1. The summed E-state index contributed by atoms with van der Waals surface area (Å²) in [5.41, 5.74) is 0. The number of hydrogen-bond acceptors (Lipinski definition) is 2. The molecule has 0 heterocycles. The first-order valence-electron chi connectivity index (χ1n) is 2.07. The molecule has 0 radical (unpaired) electrons. The SMILES string of the molecule is CO/C(=C/Br)C(C)=O. The van der Waals surface area contributed by atoms with Gasteiger partial charge in [-0.1, -0.05) is 15.9 Å². The van der Waals surface area contributed by atoms with Crippen LogP contribution in [0.15, 0.2) is 10.7 Å². The molecule has 46 valence electrons. The smallest absolute Gasteiger partial charge is 0.194 e. The molecule has 0 amide bonds. The molecule has 0 fully saturated rings. The van der Waals surface area contributed by atoms with E-state index in [0.29, 0.717) is 5.76 Å². The maximum Gasteiger partial charge on any atom is 0.194 e. The van der Waals surface area contributed by atoms with Crippen LogP contribution in [0.2, 0.25) is 0 Å². The van der Waals surface area contributed by atoms with Gasteiger partial charge in [-0.3, -0.25) is 4.79 Å². The number of hydrogen-bond donors (Lipinski definition) is 0. The molecule has 0 N–H and O–H groups in total. The third-order valence-electron chi connectivity index (χ3n) is 0.666. The molecular weight excluding hydrogens is 172 g/mol. The van der Waals surface area contributed by atoms with Crippen LogP contribution < -0.4 is 0 Å². The fraction of sp³-hybridized carbons (Fsp3) is 0.400. The molecule has 0 aromatic rings. The molecule has 0 atom stereocenters. The highest BCUT2D eigenvalue weighted by molar-refractivity contribution is 9.11. The lowest BCUT2D eigenvalue weighted by Crippen LogP contribution is -1.96. The van der Waals surface area contributed by atoms with Gasteiger partial charge in [0, 0.05) is 11.9 Å². The predicted molar refractivity (Wildman–Crippen MR) is 34.7 cm³/mol. The van der Waals surface area contributed by atoms with Crippen molar-refractivity contribution >= 4 is 21.7 Å². The fourth-order valence-corrected chi connectivity index (χ4v) is 0.774. The molecule has 3 heteroatoms. The largest absolute Gasteiger partial charge is 0.492 e. The Morgan fingerprint density at radius 2 is 2.25 bits per heavy atom.